The highest BCUT2D eigenvalue weighted by molar-refractivity contribution is 6.33. The van der Waals surface area contributed by atoms with Crippen molar-refractivity contribution in [3.8, 4) is 0 Å². The van der Waals surface area contributed by atoms with E-state index in [0.29, 0.717) is 10.9 Å². The number of rotatable bonds is 3. The van der Waals surface area contributed by atoms with Gasteiger partial charge >= 0.3 is 6.01 Å². The number of aryl methyl sites for hydroxylation is 1. The van der Waals surface area contributed by atoms with E-state index >= 15 is 0 Å². The first kappa shape index (κ1) is 11.2. The van der Waals surface area contributed by atoms with Crippen molar-refractivity contribution >= 4 is 34.9 Å². The van der Waals surface area contributed by atoms with Crippen molar-refractivity contribution in [1.82, 2.24) is 10.2 Å². The molecule has 0 unspecified atom stereocenters. The summed E-state index contributed by atoms with van der Waals surface area (Å²) in [6.07, 6.45) is 0. The molecule has 0 atom stereocenters. The van der Waals surface area contributed by atoms with Crippen molar-refractivity contribution in [3.63, 3.8) is 0 Å². The van der Waals surface area contributed by atoms with E-state index in [1.54, 1.807) is 6.07 Å². The number of hydrogen-bond acceptors (Lipinski definition) is 4. The summed E-state index contributed by atoms with van der Waals surface area (Å²) < 4.78 is 5.21. The van der Waals surface area contributed by atoms with Gasteiger partial charge < -0.3 is 9.73 Å². The SMILES string of the molecule is Cc1ccc(Cl)c(Nc2nnc(CCl)o2)c1. The van der Waals surface area contributed by atoms with Crippen molar-refractivity contribution in [1.29, 1.82) is 0 Å². The van der Waals surface area contributed by atoms with Gasteiger partial charge in [-0.1, -0.05) is 22.8 Å². The van der Waals surface area contributed by atoms with Gasteiger partial charge in [-0.05, 0) is 24.6 Å². The Morgan fingerprint density at radius 3 is 2.88 bits per heavy atom. The third-order valence-electron chi connectivity index (χ3n) is 1.94. The van der Waals surface area contributed by atoms with Gasteiger partial charge in [0.2, 0.25) is 5.89 Å². The number of halogens is 2. The zero-order valence-corrected chi connectivity index (χ0v) is 10.0. The Kier molecular flexibility index (Phi) is 3.31. The lowest BCUT2D eigenvalue weighted by atomic mass is 10.2. The van der Waals surface area contributed by atoms with Gasteiger partial charge in [0, 0.05) is 0 Å². The second kappa shape index (κ2) is 4.72. The first-order valence-corrected chi connectivity index (χ1v) is 5.52. The maximum atomic E-state index is 6.01. The molecule has 1 aromatic heterocycles. The maximum Gasteiger partial charge on any atom is 0.320 e. The summed E-state index contributed by atoms with van der Waals surface area (Å²) >= 11 is 11.6. The summed E-state index contributed by atoms with van der Waals surface area (Å²) in [7, 11) is 0. The molecule has 1 N–H and O–H groups in total. The normalized spacial score (nSPS) is 10.4. The Bertz CT molecular complexity index is 499. The molecule has 84 valence electrons. The highest BCUT2D eigenvalue weighted by Crippen LogP contribution is 2.25. The van der Waals surface area contributed by atoms with Crippen molar-refractivity contribution in [2.45, 2.75) is 12.8 Å². The number of aromatic nitrogens is 2. The van der Waals surface area contributed by atoms with Crippen LogP contribution < -0.4 is 5.32 Å². The molecule has 1 aromatic carbocycles. The van der Waals surface area contributed by atoms with Crippen molar-refractivity contribution in [3.05, 3.63) is 34.7 Å². The van der Waals surface area contributed by atoms with E-state index < -0.39 is 0 Å². The zero-order chi connectivity index (χ0) is 11.5. The van der Waals surface area contributed by atoms with Gasteiger partial charge in [0.05, 0.1) is 10.7 Å². The van der Waals surface area contributed by atoms with Gasteiger partial charge in [-0.3, -0.25) is 0 Å². The van der Waals surface area contributed by atoms with Crippen LogP contribution in [0.3, 0.4) is 0 Å². The molecule has 2 aromatic rings. The summed E-state index contributed by atoms with van der Waals surface area (Å²) in [6, 6.07) is 5.90. The van der Waals surface area contributed by atoms with E-state index in [4.69, 9.17) is 27.6 Å². The number of alkyl halides is 1. The molecule has 2 rings (SSSR count). The van der Waals surface area contributed by atoms with Gasteiger partial charge in [-0.2, -0.15) is 0 Å². The number of nitrogens with zero attached hydrogens (tertiary/aromatic N) is 2. The average Bonchev–Trinajstić information content (AvgIpc) is 2.71. The molecule has 0 saturated heterocycles. The average molecular weight is 258 g/mol. The first-order chi connectivity index (χ1) is 7.69. The van der Waals surface area contributed by atoms with Gasteiger partial charge in [0.1, 0.15) is 5.88 Å². The Labute approximate surface area is 103 Å². The molecule has 1 heterocycles. The minimum atomic E-state index is 0.191. The number of hydrogen-bond donors (Lipinski definition) is 1. The van der Waals surface area contributed by atoms with Crippen LogP contribution in [-0.2, 0) is 5.88 Å². The van der Waals surface area contributed by atoms with Gasteiger partial charge in [0.25, 0.3) is 0 Å². The maximum absolute atomic E-state index is 6.01. The van der Waals surface area contributed by atoms with E-state index in [0.717, 1.165) is 11.3 Å². The molecular formula is C10H9Cl2N3O. The summed E-state index contributed by atoms with van der Waals surface area (Å²) in [6.45, 7) is 1.97. The van der Waals surface area contributed by atoms with E-state index in [-0.39, 0.29) is 11.9 Å². The molecule has 16 heavy (non-hydrogen) atoms. The molecular weight excluding hydrogens is 249 g/mol. The first-order valence-electron chi connectivity index (χ1n) is 4.60. The van der Waals surface area contributed by atoms with Gasteiger partial charge in [-0.25, -0.2) is 0 Å². The van der Waals surface area contributed by atoms with E-state index in [2.05, 4.69) is 15.5 Å². The highest BCUT2D eigenvalue weighted by atomic mass is 35.5. The van der Waals surface area contributed by atoms with Crippen LogP contribution in [0.25, 0.3) is 0 Å². The Hall–Kier alpha value is -1.26. The molecule has 6 heteroatoms. The molecule has 0 amide bonds. The van der Waals surface area contributed by atoms with Crippen LogP contribution in [0.1, 0.15) is 11.5 Å². The molecule has 0 saturated carbocycles. The highest BCUT2D eigenvalue weighted by Gasteiger charge is 2.07. The minimum absolute atomic E-state index is 0.191. The number of benzene rings is 1. The number of nitrogens with one attached hydrogen (secondary N) is 1. The van der Waals surface area contributed by atoms with E-state index in [1.807, 2.05) is 19.1 Å². The summed E-state index contributed by atoms with van der Waals surface area (Å²) in [4.78, 5) is 0. The van der Waals surface area contributed by atoms with Crippen LogP contribution in [0.5, 0.6) is 0 Å². The monoisotopic (exact) mass is 257 g/mol. The largest absolute Gasteiger partial charge is 0.407 e. The van der Waals surface area contributed by atoms with E-state index in [1.165, 1.54) is 0 Å². The second-order valence-electron chi connectivity index (χ2n) is 3.24. The van der Waals surface area contributed by atoms with Crippen LogP contribution in [0.15, 0.2) is 22.6 Å². The predicted molar refractivity (Wildman–Crippen MR) is 63.3 cm³/mol. The third kappa shape index (κ3) is 2.46. The summed E-state index contributed by atoms with van der Waals surface area (Å²) in [5, 5.41) is 11.0. The molecule has 0 aliphatic carbocycles. The fraction of sp³-hybridized carbons (Fsp3) is 0.200. The van der Waals surface area contributed by atoms with Crippen LogP contribution in [0.2, 0.25) is 5.02 Å². The molecule has 0 fully saturated rings. The lowest BCUT2D eigenvalue weighted by molar-refractivity contribution is 0.530. The predicted octanol–water partition coefficient (Wildman–Crippen LogP) is 3.51. The molecule has 0 bridgehead atoms. The van der Waals surface area contributed by atoms with Crippen LogP contribution >= 0.6 is 23.2 Å². The fourth-order valence-corrected chi connectivity index (χ4v) is 1.48. The molecule has 0 aliphatic heterocycles. The van der Waals surface area contributed by atoms with Crippen molar-refractivity contribution < 1.29 is 4.42 Å². The standard InChI is InChI=1S/C10H9Cl2N3O/c1-6-2-3-7(12)8(4-6)13-10-15-14-9(5-11)16-10/h2-4H,5H2,1H3,(H,13,15). The smallest absolute Gasteiger partial charge is 0.320 e. The fourth-order valence-electron chi connectivity index (χ4n) is 1.21. The van der Waals surface area contributed by atoms with Gasteiger partial charge in [0.15, 0.2) is 0 Å². The van der Waals surface area contributed by atoms with Crippen LogP contribution in [-0.4, -0.2) is 10.2 Å². The lowest BCUT2D eigenvalue weighted by Gasteiger charge is -2.04. The molecule has 0 aliphatic rings. The van der Waals surface area contributed by atoms with Gasteiger partial charge in [-0.15, -0.1) is 16.7 Å². The topological polar surface area (TPSA) is 51.0 Å². The lowest BCUT2D eigenvalue weighted by Crippen LogP contribution is -1.92. The summed E-state index contributed by atoms with van der Waals surface area (Å²) in [5.41, 5.74) is 1.82. The van der Waals surface area contributed by atoms with E-state index in [9.17, 15) is 0 Å². The van der Waals surface area contributed by atoms with Crippen molar-refractivity contribution in [2.24, 2.45) is 0 Å². The Balaban J connectivity index is 2.22. The third-order valence-corrected chi connectivity index (χ3v) is 2.50. The summed E-state index contributed by atoms with van der Waals surface area (Å²) in [5.74, 6) is 0.559. The molecule has 0 radical (unpaired) electrons. The Morgan fingerprint density at radius 1 is 1.38 bits per heavy atom. The van der Waals surface area contributed by atoms with Crippen LogP contribution in [0.4, 0.5) is 11.7 Å². The Morgan fingerprint density at radius 2 is 2.19 bits per heavy atom. The number of anilines is 2. The zero-order valence-electron chi connectivity index (χ0n) is 8.50. The second-order valence-corrected chi connectivity index (χ2v) is 3.92. The molecule has 4 nitrogen and oxygen atoms in total. The van der Waals surface area contributed by atoms with Crippen molar-refractivity contribution in [2.75, 3.05) is 5.32 Å². The molecule has 0 spiro atoms. The quantitative estimate of drug-likeness (QED) is 0.856. The van der Waals surface area contributed by atoms with Crippen LogP contribution in [0, 0.1) is 6.92 Å². The minimum Gasteiger partial charge on any atom is -0.407 e.